The number of carbonyl (C=O) groups excluding carboxylic acids is 1. The molecule has 0 amide bonds. The van der Waals surface area contributed by atoms with Gasteiger partial charge in [-0.2, -0.15) is 13.2 Å². The maximum Gasteiger partial charge on any atom is 0.417 e. The van der Waals surface area contributed by atoms with Gasteiger partial charge in [0.2, 0.25) is 0 Å². The second kappa shape index (κ2) is 3.92. The van der Waals surface area contributed by atoms with E-state index in [1.807, 2.05) is 0 Å². The fourth-order valence-electron chi connectivity index (χ4n) is 1.17. The van der Waals surface area contributed by atoms with E-state index in [2.05, 4.69) is 0 Å². The van der Waals surface area contributed by atoms with Gasteiger partial charge in [-0.05, 0) is 18.2 Å². The van der Waals surface area contributed by atoms with Crippen LogP contribution in [0.3, 0.4) is 0 Å². The summed E-state index contributed by atoms with van der Waals surface area (Å²) in [6.45, 7) is 0. The predicted molar refractivity (Wildman–Crippen MR) is 51.2 cm³/mol. The summed E-state index contributed by atoms with van der Waals surface area (Å²) in [5.41, 5.74) is -0.829. The molecule has 15 heavy (non-hydrogen) atoms. The van der Waals surface area contributed by atoms with Crippen molar-refractivity contribution in [3.63, 3.8) is 0 Å². The first-order valence-corrected chi connectivity index (χ1v) is 4.20. The second-order valence-electron chi connectivity index (χ2n) is 3.28. The summed E-state index contributed by atoms with van der Waals surface area (Å²) in [5.74, 6) is 0. The van der Waals surface area contributed by atoms with Gasteiger partial charge in [-0.15, -0.1) is 0 Å². The Labute approximate surface area is 85.3 Å². The zero-order valence-electron chi connectivity index (χ0n) is 8.30. The normalized spacial score (nSPS) is 11.3. The molecule has 0 unspecified atom stereocenters. The van der Waals surface area contributed by atoms with Crippen molar-refractivity contribution in [2.45, 2.75) is 6.18 Å². The highest BCUT2D eigenvalue weighted by atomic mass is 19.4. The molecule has 0 bridgehead atoms. The molecule has 0 fully saturated rings. The van der Waals surface area contributed by atoms with Crippen molar-refractivity contribution < 1.29 is 18.0 Å². The van der Waals surface area contributed by atoms with Crippen LogP contribution in [-0.2, 0) is 6.18 Å². The average Bonchev–Trinajstić information content (AvgIpc) is 2.15. The third-order valence-corrected chi connectivity index (χ3v) is 1.99. The maximum absolute atomic E-state index is 12.5. The third-order valence-electron chi connectivity index (χ3n) is 1.99. The highest BCUT2D eigenvalue weighted by molar-refractivity contribution is 5.79. The van der Waals surface area contributed by atoms with Crippen molar-refractivity contribution in [3.05, 3.63) is 29.3 Å². The van der Waals surface area contributed by atoms with Crippen molar-refractivity contribution in [2.24, 2.45) is 0 Å². The van der Waals surface area contributed by atoms with Crippen LogP contribution in [0.1, 0.15) is 15.9 Å². The molecule has 0 spiro atoms. The van der Waals surface area contributed by atoms with Gasteiger partial charge >= 0.3 is 6.18 Å². The molecular weight excluding hydrogens is 207 g/mol. The van der Waals surface area contributed by atoms with Gasteiger partial charge in [0.1, 0.15) is 0 Å². The van der Waals surface area contributed by atoms with Gasteiger partial charge in [0.15, 0.2) is 6.29 Å². The zero-order valence-corrected chi connectivity index (χ0v) is 8.30. The molecule has 82 valence electrons. The molecular formula is C10H10F3NO. The minimum atomic E-state index is -4.50. The molecule has 1 aromatic rings. The minimum absolute atomic E-state index is 0.211. The SMILES string of the molecule is CN(C)c1ccc(C=O)c(C(F)(F)F)c1. The van der Waals surface area contributed by atoms with Crippen molar-refractivity contribution in [1.82, 2.24) is 0 Å². The fourth-order valence-corrected chi connectivity index (χ4v) is 1.17. The molecule has 0 saturated carbocycles. The van der Waals surface area contributed by atoms with Gasteiger partial charge in [-0.3, -0.25) is 4.79 Å². The quantitative estimate of drug-likeness (QED) is 0.709. The monoisotopic (exact) mass is 217 g/mol. The molecule has 1 aromatic carbocycles. The number of anilines is 1. The molecule has 0 heterocycles. The van der Waals surface area contributed by atoms with Crippen LogP contribution in [0.15, 0.2) is 18.2 Å². The van der Waals surface area contributed by atoms with Crippen LogP contribution < -0.4 is 4.90 Å². The lowest BCUT2D eigenvalue weighted by Gasteiger charge is -2.16. The molecule has 0 N–H and O–H groups in total. The van der Waals surface area contributed by atoms with Gasteiger partial charge in [0, 0.05) is 25.3 Å². The fraction of sp³-hybridized carbons (Fsp3) is 0.300. The van der Waals surface area contributed by atoms with Crippen LogP contribution in [0.4, 0.5) is 18.9 Å². The van der Waals surface area contributed by atoms with E-state index in [9.17, 15) is 18.0 Å². The Morgan fingerprint density at radius 1 is 1.27 bits per heavy atom. The molecule has 0 aliphatic heterocycles. The summed E-state index contributed by atoms with van der Waals surface area (Å²) in [6.07, 6.45) is -4.29. The van der Waals surface area contributed by atoms with E-state index in [-0.39, 0.29) is 11.8 Å². The Bertz CT molecular complexity index is 371. The van der Waals surface area contributed by atoms with Gasteiger partial charge in [-0.1, -0.05) is 0 Å². The number of nitrogens with zero attached hydrogens (tertiary/aromatic N) is 1. The van der Waals surface area contributed by atoms with Crippen LogP contribution in [0.5, 0.6) is 0 Å². The van der Waals surface area contributed by atoms with Crippen LogP contribution in [-0.4, -0.2) is 20.4 Å². The number of benzene rings is 1. The first-order chi connectivity index (χ1) is 6.86. The summed E-state index contributed by atoms with van der Waals surface area (Å²) in [6, 6.07) is 3.61. The average molecular weight is 217 g/mol. The zero-order chi connectivity index (χ0) is 11.6. The lowest BCUT2D eigenvalue weighted by atomic mass is 10.1. The lowest BCUT2D eigenvalue weighted by molar-refractivity contribution is -0.137. The summed E-state index contributed by atoms with van der Waals surface area (Å²) in [7, 11) is 3.27. The van der Waals surface area contributed by atoms with Crippen LogP contribution in [0, 0.1) is 0 Å². The highest BCUT2D eigenvalue weighted by Crippen LogP contribution is 2.33. The predicted octanol–water partition coefficient (Wildman–Crippen LogP) is 2.58. The Balaban J connectivity index is 3.32. The van der Waals surface area contributed by atoms with Gasteiger partial charge in [-0.25, -0.2) is 0 Å². The second-order valence-corrected chi connectivity index (χ2v) is 3.28. The summed E-state index contributed by atoms with van der Waals surface area (Å²) in [4.78, 5) is 12.0. The smallest absolute Gasteiger partial charge is 0.378 e. The van der Waals surface area contributed by atoms with Crippen molar-refractivity contribution in [3.8, 4) is 0 Å². The number of hydrogen-bond acceptors (Lipinski definition) is 2. The number of halogens is 3. The molecule has 0 atom stereocenters. The summed E-state index contributed by atoms with van der Waals surface area (Å²) >= 11 is 0. The van der Waals surface area contributed by atoms with Crippen molar-refractivity contribution in [2.75, 3.05) is 19.0 Å². The Kier molecular flexibility index (Phi) is 3.02. The van der Waals surface area contributed by atoms with E-state index in [1.165, 1.54) is 12.1 Å². The van der Waals surface area contributed by atoms with Crippen molar-refractivity contribution >= 4 is 12.0 Å². The molecule has 0 aromatic heterocycles. The maximum atomic E-state index is 12.5. The first kappa shape index (κ1) is 11.6. The van der Waals surface area contributed by atoms with Crippen LogP contribution in [0.2, 0.25) is 0 Å². The van der Waals surface area contributed by atoms with E-state index in [0.29, 0.717) is 5.69 Å². The molecule has 0 aliphatic rings. The largest absolute Gasteiger partial charge is 0.417 e. The highest BCUT2D eigenvalue weighted by Gasteiger charge is 2.33. The topological polar surface area (TPSA) is 20.3 Å². The summed E-state index contributed by atoms with van der Waals surface area (Å²) in [5, 5.41) is 0. The molecule has 0 aliphatic carbocycles. The minimum Gasteiger partial charge on any atom is -0.378 e. The number of hydrogen-bond donors (Lipinski definition) is 0. The number of rotatable bonds is 2. The van der Waals surface area contributed by atoms with E-state index in [0.717, 1.165) is 6.07 Å². The molecule has 0 radical (unpaired) electrons. The van der Waals surface area contributed by atoms with E-state index in [4.69, 9.17) is 0 Å². The van der Waals surface area contributed by atoms with Gasteiger partial charge in [0.25, 0.3) is 0 Å². The first-order valence-electron chi connectivity index (χ1n) is 4.20. The third kappa shape index (κ3) is 2.49. The van der Waals surface area contributed by atoms with Crippen LogP contribution >= 0.6 is 0 Å². The molecule has 5 heteroatoms. The van der Waals surface area contributed by atoms with Crippen LogP contribution in [0.25, 0.3) is 0 Å². The Morgan fingerprint density at radius 3 is 2.27 bits per heavy atom. The van der Waals surface area contributed by atoms with E-state index >= 15 is 0 Å². The van der Waals surface area contributed by atoms with Gasteiger partial charge < -0.3 is 4.90 Å². The number of carbonyl (C=O) groups is 1. The number of alkyl halides is 3. The van der Waals surface area contributed by atoms with E-state index < -0.39 is 11.7 Å². The molecule has 1 rings (SSSR count). The molecule has 0 saturated heterocycles. The van der Waals surface area contributed by atoms with Gasteiger partial charge in [0.05, 0.1) is 5.56 Å². The Morgan fingerprint density at radius 2 is 1.87 bits per heavy atom. The standard InChI is InChI=1S/C10H10F3NO/c1-14(2)8-4-3-7(6-15)9(5-8)10(11,12)13/h3-6H,1-2H3. The summed E-state index contributed by atoms with van der Waals surface area (Å²) < 4.78 is 37.5. The van der Waals surface area contributed by atoms with E-state index in [1.54, 1.807) is 19.0 Å². The van der Waals surface area contributed by atoms with Crippen molar-refractivity contribution in [1.29, 1.82) is 0 Å². The number of aldehydes is 1. The Hall–Kier alpha value is -1.52. The lowest BCUT2D eigenvalue weighted by Crippen LogP contribution is -2.13. The molecule has 2 nitrogen and oxygen atoms in total.